The van der Waals surface area contributed by atoms with Crippen molar-refractivity contribution in [1.29, 1.82) is 0 Å². The number of ether oxygens (including phenoxy) is 3. The van der Waals surface area contributed by atoms with Crippen LogP contribution in [0.3, 0.4) is 0 Å². The Hall–Kier alpha value is -7.92. The van der Waals surface area contributed by atoms with Crippen molar-refractivity contribution in [1.82, 2.24) is 46.9 Å². The number of carbonyl (C=O) groups excluding carboxylic acids is 6. The van der Waals surface area contributed by atoms with Crippen LogP contribution in [0.4, 0.5) is 10.5 Å². The average molecular weight is 1390 g/mol. The second kappa shape index (κ2) is 30.1. The number of fused-ring (bicyclic) bond motifs is 6. The van der Waals surface area contributed by atoms with E-state index < -0.39 is 136 Å². The molecule has 5 aliphatic heterocycles. The Morgan fingerprint density at radius 2 is 1.53 bits per heavy atom. The summed E-state index contributed by atoms with van der Waals surface area (Å²) in [4.78, 5) is 134. The fourth-order valence-electron chi connectivity index (χ4n) is 16.3. The molecule has 0 radical (unpaired) electrons. The van der Waals surface area contributed by atoms with Crippen LogP contribution in [-0.2, 0) is 65.1 Å². The van der Waals surface area contributed by atoms with Crippen molar-refractivity contribution in [3.05, 3.63) is 70.9 Å². The summed E-state index contributed by atoms with van der Waals surface area (Å²) in [6.45, 7) is 6.40. The molecule has 6 aliphatic rings. The standard InChI is InChI=1S/C64H89N13O18S2/c1-7-60(91)29-34-30-63(57(89)94-6,48-36(16-21-76(31-34)33-60)35-13-9-10-14-39(35)69-48)38-25-37-44(28-45(38)93-5)75(4)54-62(37)18-22-77-20-12-17-61(8-2,53(62)77)55(87)64(54,92)56(88)73-74-59(90)95-23-24-96-97-32-43(52(85)86)72-51(84)42(27-47(80)81)71-50(83)41(26-46(78)79)70-49(82)40(67-3)15-11-19-68-58(65)66/h9-10,12-14,17,25,28,34,40-43,53-55,67,69,87,91-92H,7-8,11,15-16,18-24,26-27,29-33H2,1-6H3,(H,70,82)(H,71,83)(H,72,84)(H,73,88)(H,74,90)(H,78,79)(H,80,81)(H,85,86)(H4,65,66,68)/t34-,40+,41+,42+,43+,53+,54-,55-,60+,61-,62-,63+,64?/m1/s1. The molecule has 1 aliphatic carbocycles. The van der Waals surface area contributed by atoms with Crippen LogP contribution in [0.25, 0.3) is 10.9 Å². The number of H-pyrrole nitrogens is 1. The molecule has 1 saturated carbocycles. The molecule has 97 heavy (non-hydrogen) atoms. The second-order valence-corrected chi connectivity index (χ2v) is 28.6. The summed E-state index contributed by atoms with van der Waals surface area (Å²) < 4.78 is 17.7. The number of methoxy groups -OCH3 is 2. The van der Waals surface area contributed by atoms with E-state index in [0.29, 0.717) is 93.1 Å². The second-order valence-electron chi connectivity index (χ2n) is 26.0. The van der Waals surface area contributed by atoms with Crippen LogP contribution < -0.4 is 53.2 Å². The number of carboxylic acids is 3. The van der Waals surface area contributed by atoms with E-state index in [0.717, 1.165) is 38.1 Å². The molecule has 5 amide bonds. The van der Waals surface area contributed by atoms with E-state index in [1.54, 1.807) is 11.9 Å². The molecule has 2 unspecified atom stereocenters. The normalized spacial score (nSPS) is 28.0. The van der Waals surface area contributed by atoms with Crippen molar-refractivity contribution >= 4 is 97.7 Å². The van der Waals surface area contributed by atoms with Gasteiger partial charge in [0.05, 0.1) is 44.7 Å². The number of hydrazine groups is 1. The van der Waals surface area contributed by atoms with Gasteiger partial charge in [0.2, 0.25) is 17.7 Å². The third kappa shape index (κ3) is 14.1. The number of para-hydroxylation sites is 1. The number of esters is 1. The van der Waals surface area contributed by atoms with Gasteiger partial charge in [0.1, 0.15) is 42.0 Å². The fourth-order valence-corrected chi connectivity index (χ4v) is 18.3. The van der Waals surface area contributed by atoms with E-state index in [4.69, 9.17) is 25.7 Å². The number of aliphatic carboxylic acids is 3. The number of guanidine groups is 1. The molecular formula is C64H89N13O18S2. The van der Waals surface area contributed by atoms with Crippen LogP contribution >= 0.6 is 21.6 Å². The maximum Gasteiger partial charge on any atom is 0.426 e. The number of hydrogen-bond acceptors (Lipinski definition) is 22. The highest BCUT2D eigenvalue weighted by Crippen LogP contribution is 2.68. The molecule has 17 N–H and O–H groups in total. The summed E-state index contributed by atoms with van der Waals surface area (Å²) in [6, 6.07) is 3.62. The Balaban J connectivity index is 0.900. The first-order valence-electron chi connectivity index (χ1n) is 32.3. The van der Waals surface area contributed by atoms with E-state index in [2.05, 4.69) is 51.9 Å². The van der Waals surface area contributed by atoms with E-state index in [-0.39, 0.29) is 55.8 Å². The van der Waals surface area contributed by atoms with Gasteiger partial charge in [-0.1, -0.05) is 65.8 Å². The average Bonchev–Trinajstić information content (AvgIpc) is 1.50. The van der Waals surface area contributed by atoms with E-state index in [9.17, 15) is 64.2 Å². The van der Waals surface area contributed by atoms with Crippen LogP contribution in [0.5, 0.6) is 5.75 Å². The molecule has 2 aromatic carbocycles. The minimum Gasteiger partial charge on any atom is -0.496 e. The number of rotatable bonds is 28. The number of piperidine rings is 1. The number of anilines is 1. The van der Waals surface area contributed by atoms with Crippen molar-refractivity contribution in [2.45, 2.75) is 142 Å². The van der Waals surface area contributed by atoms with Crippen LogP contribution in [0.15, 0.2) is 53.5 Å². The van der Waals surface area contributed by atoms with Gasteiger partial charge in [0, 0.05) is 102 Å². The summed E-state index contributed by atoms with van der Waals surface area (Å²) >= 11 is 0. The molecule has 9 rings (SSSR count). The zero-order valence-electron chi connectivity index (χ0n) is 55.0. The Labute approximate surface area is 567 Å². The predicted octanol–water partition coefficient (Wildman–Crippen LogP) is -0.484. The number of aliphatic hydroxyl groups is 3. The molecule has 1 spiro atoms. The summed E-state index contributed by atoms with van der Waals surface area (Å²) in [6.07, 6.45) is 1.61. The van der Waals surface area contributed by atoms with Gasteiger partial charge in [0.15, 0.2) is 11.6 Å². The largest absolute Gasteiger partial charge is 0.496 e. The Bertz CT molecular complexity index is 3580. The number of benzene rings is 2. The lowest BCUT2D eigenvalue weighted by molar-refractivity contribution is -0.204. The van der Waals surface area contributed by atoms with Crippen LogP contribution in [-0.4, -0.2) is 244 Å². The number of aromatic nitrogens is 1. The molecular weight excluding hydrogens is 1300 g/mol. The number of aliphatic imine (C=N–C) groups is 1. The summed E-state index contributed by atoms with van der Waals surface area (Å²) in [5.41, 5.74) is 11.7. The third-order valence-corrected chi connectivity index (χ3v) is 22.8. The van der Waals surface area contributed by atoms with Gasteiger partial charge in [-0.15, -0.1) is 0 Å². The number of amides is 5. The Kier molecular flexibility index (Phi) is 22.7. The molecule has 33 heteroatoms. The number of aliphatic hydroxyl groups excluding tert-OH is 1. The van der Waals surface area contributed by atoms with Gasteiger partial charge in [-0.25, -0.2) is 15.0 Å². The van der Waals surface area contributed by atoms with Crippen molar-refractivity contribution in [3.63, 3.8) is 0 Å². The Morgan fingerprint density at radius 1 is 0.845 bits per heavy atom. The molecule has 14 atom stereocenters. The summed E-state index contributed by atoms with van der Waals surface area (Å²) in [7, 11) is 7.96. The first-order chi connectivity index (χ1) is 46.1. The molecule has 1 aromatic heterocycles. The molecule has 3 aromatic rings. The third-order valence-electron chi connectivity index (χ3n) is 20.4. The molecule has 2 saturated heterocycles. The highest BCUT2D eigenvalue weighted by molar-refractivity contribution is 8.76. The smallest absolute Gasteiger partial charge is 0.426 e. The molecule has 3 fully saturated rings. The number of nitrogens with two attached hydrogens (primary N) is 2. The molecule has 2 bridgehead atoms. The van der Waals surface area contributed by atoms with Crippen LogP contribution in [0.1, 0.15) is 94.0 Å². The first kappa shape index (κ1) is 73.3. The number of carbonyl (C=O) groups is 9. The quantitative estimate of drug-likeness (QED) is 0.00830. The minimum atomic E-state index is -2.69. The molecule has 6 heterocycles. The molecule has 31 nitrogen and oxygen atoms in total. The van der Waals surface area contributed by atoms with E-state index in [1.165, 1.54) is 21.3 Å². The van der Waals surface area contributed by atoms with Gasteiger partial charge in [-0.3, -0.25) is 53.8 Å². The topological polar surface area (TPSA) is 465 Å². The van der Waals surface area contributed by atoms with Crippen molar-refractivity contribution in [2.24, 2.45) is 27.8 Å². The Morgan fingerprint density at radius 3 is 2.15 bits per heavy atom. The monoisotopic (exact) mass is 1390 g/mol. The maximum absolute atomic E-state index is 15.6. The van der Waals surface area contributed by atoms with Crippen LogP contribution in [0.2, 0.25) is 0 Å². The van der Waals surface area contributed by atoms with Gasteiger partial charge in [-0.2, -0.15) is 0 Å². The lowest BCUT2D eigenvalue weighted by Crippen LogP contribution is -2.82. The van der Waals surface area contributed by atoms with Crippen molar-refractivity contribution in [3.8, 4) is 5.75 Å². The van der Waals surface area contributed by atoms with E-state index >= 15 is 9.59 Å². The van der Waals surface area contributed by atoms with Gasteiger partial charge < -0.3 is 87.5 Å². The number of likely N-dealkylation sites (N-methyl/N-ethyl adjacent to an activating group) is 2. The van der Waals surface area contributed by atoms with Crippen molar-refractivity contribution < 1.29 is 88.0 Å². The number of aromatic amines is 1. The van der Waals surface area contributed by atoms with E-state index in [1.807, 2.05) is 62.4 Å². The minimum absolute atomic E-state index is 0.00921. The van der Waals surface area contributed by atoms with Gasteiger partial charge >= 0.3 is 30.0 Å². The van der Waals surface area contributed by atoms with Gasteiger partial charge in [0.25, 0.3) is 5.91 Å². The summed E-state index contributed by atoms with van der Waals surface area (Å²) in [5, 5.41) is 78.2. The number of nitrogens with one attached hydrogen (secondary N) is 7. The fraction of sp³-hybridized carbons (Fsp3) is 0.594. The zero-order valence-corrected chi connectivity index (χ0v) is 56.6. The lowest BCUT2D eigenvalue weighted by Gasteiger charge is -2.63. The first-order valence-corrected chi connectivity index (χ1v) is 34.8. The van der Waals surface area contributed by atoms with Crippen molar-refractivity contribution in [2.75, 3.05) is 90.6 Å². The number of hydrogen-bond donors (Lipinski definition) is 15. The molecule has 530 valence electrons. The predicted molar refractivity (Wildman–Crippen MR) is 357 cm³/mol. The number of nitrogens with zero attached hydrogens (tertiary/aromatic N) is 4. The summed E-state index contributed by atoms with van der Waals surface area (Å²) in [5.74, 6) is -10.1. The zero-order chi connectivity index (χ0) is 70.5. The number of carboxylic acid groups (broad SMARTS) is 3. The maximum atomic E-state index is 15.6. The van der Waals surface area contributed by atoms with Gasteiger partial charge in [-0.05, 0) is 94.1 Å². The SMILES string of the molecule is CC[C@]1(O)C[C@H]2CN(CCc3c([nH]c4ccccc34)[C@@](C(=O)OC)(c3cc4c(cc3OC)N(C)[C@H]3C(O)(C(=O)NNC(=O)OCCSSC[C@H](NC(=O)[C@H](CC(=O)O)NC(=O)[C@H](CC(=O)O)NC(=O)[C@H](CCCN=C(N)N)NC)C(=O)O)[C@H](O)[C@]5(CC)C=CCN6CC[C@]43[C@@H]65)C2)C1. The highest BCUT2D eigenvalue weighted by Gasteiger charge is 2.79. The lowest BCUT2D eigenvalue weighted by atomic mass is 9.47. The van der Waals surface area contributed by atoms with Crippen LogP contribution in [0, 0.1) is 11.3 Å². The highest BCUT2D eigenvalue weighted by atomic mass is 33.1.